The van der Waals surface area contributed by atoms with E-state index in [-0.39, 0.29) is 12.1 Å². The number of hydrogen-bond acceptors (Lipinski definition) is 4. The zero-order valence-electron chi connectivity index (χ0n) is 10.5. The number of aromatic nitrogens is 2. The van der Waals surface area contributed by atoms with E-state index in [0.717, 1.165) is 17.3 Å². The van der Waals surface area contributed by atoms with Crippen LogP contribution in [-0.2, 0) is 0 Å². The summed E-state index contributed by atoms with van der Waals surface area (Å²) < 4.78 is 7.77. The van der Waals surface area contributed by atoms with E-state index in [1.54, 1.807) is 11.9 Å². The fourth-order valence-corrected chi connectivity index (χ4v) is 2.06. The lowest BCUT2D eigenvalue weighted by atomic mass is 10.1. The molecule has 2 amide bonds. The standard InChI is InChI=1S/C12H13ClN4OS/c1-8(9-3-5-10(13)6-4-9)17(2)12(18)15-11-7-14-19-16-11/h3-8H,1-2H3,(H,15,16,18)/t8-/m1/s1. The van der Waals surface area contributed by atoms with Crippen molar-refractivity contribution in [1.82, 2.24) is 13.6 Å². The first-order valence-electron chi connectivity index (χ1n) is 5.65. The topological polar surface area (TPSA) is 58.1 Å². The van der Waals surface area contributed by atoms with Crippen LogP contribution in [0.4, 0.5) is 10.6 Å². The van der Waals surface area contributed by atoms with Crippen LogP contribution in [0.25, 0.3) is 0 Å². The average molecular weight is 297 g/mol. The summed E-state index contributed by atoms with van der Waals surface area (Å²) in [6.07, 6.45) is 1.52. The average Bonchev–Trinajstić information content (AvgIpc) is 2.90. The molecule has 0 unspecified atom stereocenters. The summed E-state index contributed by atoms with van der Waals surface area (Å²) in [4.78, 5) is 13.6. The third-order valence-corrected chi connectivity index (χ3v) is 3.58. The van der Waals surface area contributed by atoms with Crippen molar-refractivity contribution in [3.8, 4) is 0 Å². The molecule has 0 fully saturated rings. The van der Waals surface area contributed by atoms with Gasteiger partial charge in [-0.25, -0.2) is 4.79 Å². The second-order valence-corrected chi connectivity index (χ2v) is 5.05. The Morgan fingerprint density at radius 2 is 2.11 bits per heavy atom. The van der Waals surface area contributed by atoms with Crippen LogP contribution in [0.3, 0.4) is 0 Å². The fraction of sp³-hybridized carbons (Fsp3) is 0.250. The smallest absolute Gasteiger partial charge is 0.321 e. The lowest BCUT2D eigenvalue weighted by Gasteiger charge is -2.25. The van der Waals surface area contributed by atoms with Crippen LogP contribution in [0, 0.1) is 0 Å². The molecule has 1 aromatic carbocycles. The molecule has 0 radical (unpaired) electrons. The number of carbonyl (C=O) groups excluding carboxylic acids is 1. The molecule has 0 bridgehead atoms. The number of urea groups is 1. The highest BCUT2D eigenvalue weighted by atomic mass is 35.5. The van der Waals surface area contributed by atoms with Gasteiger partial charge in [0.2, 0.25) is 0 Å². The molecule has 0 aliphatic carbocycles. The van der Waals surface area contributed by atoms with Crippen LogP contribution in [0.2, 0.25) is 5.02 Å². The highest BCUT2D eigenvalue weighted by Gasteiger charge is 2.17. The Hall–Kier alpha value is -1.66. The number of hydrogen-bond donors (Lipinski definition) is 1. The molecule has 0 saturated carbocycles. The van der Waals surface area contributed by atoms with Gasteiger partial charge in [0, 0.05) is 12.1 Å². The van der Waals surface area contributed by atoms with E-state index in [0.29, 0.717) is 10.8 Å². The Morgan fingerprint density at radius 3 is 2.68 bits per heavy atom. The van der Waals surface area contributed by atoms with Crippen LogP contribution < -0.4 is 5.32 Å². The molecule has 0 spiro atoms. The maximum absolute atomic E-state index is 12.0. The molecular weight excluding hydrogens is 284 g/mol. The quantitative estimate of drug-likeness (QED) is 0.944. The van der Waals surface area contributed by atoms with Gasteiger partial charge in [0.1, 0.15) is 0 Å². The summed E-state index contributed by atoms with van der Waals surface area (Å²) in [7, 11) is 1.73. The lowest BCUT2D eigenvalue weighted by molar-refractivity contribution is 0.208. The van der Waals surface area contributed by atoms with Gasteiger partial charge in [0.05, 0.1) is 24.0 Å². The van der Waals surface area contributed by atoms with E-state index in [1.807, 2.05) is 31.2 Å². The molecule has 0 aliphatic rings. The maximum atomic E-state index is 12.0. The van der Waals surface area contributed by atoms with Crippen molar-refractivity contribution in [3.05, 3.63) is 41.0 Å². The largest absolute Gasteiger partial charge is 0.323 e. The third-order valence-electron chi connectivity index (χ3n) is 2.85. The molecule has 100 valence electrons. The summed E-state index contributed by atoms with van der Waals surface area (Å²) in [6, 6.07) is 7.13. The van der Waals surface area contributed by atoms with E-state index < -0.39 is 0 Å². The number of rotatable bonds is 3. The minimum absolute atomic E-state index is 0.0659. The Labute approximate surface area is 120 Å². The van der Waals surface area contributed by atoms with Crippen LogP contribution >= 0.6 is 23.3 Å². The highest BCUT2D eigenvalue weighted by molar-refractivity contribution is 6.99. The number of nitrogens with zero attached hydrogens (tertiary/aromatic N) is 3. The van der Waals surface area contributed by atoms with E-state index in [9.17, 15) is 4.79 Å². The molecule has 2 rings (SSSR count). The molecule has 19 heavy (non-hydrogen) atoms. The summed E-state index contributed by atoms with van der Waals surface area (Å²) >= 11 is 6.90. The zero-order chi connectivity index (χ0) is 13.8. The molecule has 1 heterocycles. The molecular formula is C12H13ClN4OS. The number of anilines is 1. The van der Waals surface area contributed by atoms with Crippen molar-refractivity contribution in [2.45, 2.75) is 13.0 Å². The number of nitrogens with one attached hydrogen (secondary N) is 1. The predicted molar refractivity (Wildman–Crippen MR) is 76.6 cm³/mol. The van der Waals surface area contributed by atoms with Crippen LogP contribution in [0.5, 0.6) is 0 Å². The monoisotopic (exact) mass is 296 g/mol. The van der Waals surface area contributed by atoms with Crippen molar-refractivity contribution >= 4 is 35.2 Å². The lowest BCUT2D eigenvalue weighted by Crippen LogP contribution is -2.33. The highest BCUT2D eigenvalue weighted by Crippen LogP contribution is 2.21. The second kappa shape index (κ2) is 5.99. The Bertz CT molecular complexity index is 543. The normalized spacial score (nSPS) is 11.9. The van der Waals surface area contributed by atoms with E-state index in [1.165, 1.54) is 6.20 Å². The van der Waals surface area contributed by atoms with Gasteiger partial charge in [-0.3, -0.25) is 5.32 Å². The van der Waals surface area contributed by atoms with Crippen LogP contribution in [0.15, 0.2) is 30.5 Å². The number of halogens is 1. The van der Waals surface area contributed by atoms with Gasteiger partial charge in [0.25, 0.3) is 0 Å². The molecule has 5 nitrogen and oxygen atoms in total. The van der Waals surface area contributed by atoms with Gasteiger partial charge in [-0.15, -0.1) is 0 Å². The molecule has 0 saturated heterocycles. The minimum Gasteiger partial charge on any atom is -0.321 e. The van der Waals surface area contributed by atoms with E-state index >= 15 is 0 Å². The second-order valence-electron chi connectivity index (χ2n) is 4.06. The molecule has 1 atom stereocenters. The summed E-state index contributed by atoms with van der Waals surface area (Å²) in [5.41, 5.74) is 1.01. The SMILES string of the molecule is C[C@H](c1ccc(Cl)cc1)N(C)C(=O)Nc1cnsn1. The number of amides is 2. The van der Waals surface area contributed by atoms with E-state index in [2.05, 4.69) is 14.1 Å². The van der Waals surface area contributed by atoms with Crippen LogP contribution in [-0.4, -0.2) is 26.7 Å². The number of benzene rings is 1. The summed E-state index contributed by atoms with van der Waals surface area (Å²) in [6.45, 7) is 1.95. The van der Waals surface area contributed by atoms with Crippen molar-refractivity contribution in [1.29, 1.82) is 0 Å². The van der Waals surface area contributed by atoms with Gasteiger partial charge in [0.15, 0.2) is 5.82 Å². The first-order valence-corrected chi connectivity index (χ1v) is 6.75. The Balaban J connectivity index is 2.04. The number of carbonyl (C=O) groups is 1. The first-order chi connectivity index (χ1) is 9.08. The molecule has 0 aliphatic heterocycles. The zero-order valence-corrected chi connectivity index (χ0v) is 12.1. The van der Waals surface area contributed by atoms with Gasteiger partial charge in [-0.1, -0.05) is 23.7 Å². The fourth-order valence-electron chi connectivity index (χ4n) is 1.56. The van der Waals surface area contributed by atoms with Crippen molar-refractivity contribution < 1.29 is 4.79 Å². The molecule has 1 N–H and O–H groups in total. The van der Waals surface area contributed by atoms with Crippen molar-refractivity contribution in [2.24, 2.45) is 0 Å². The Morgan fingerprint density at radius 1 is 1.42 bits per heavy atom. The Kier molecular flexibility index (Phi) is 4.34. The summed E-state index contributed by atoms with van der Waals surface area (Å²) in [5, 5.41) is 3.36. The van der Waals surface area contributed by atoms with Gasteiger partial charge >= 0.3 is 6.03 Å². The maximum Gasteiger partial charge on any atom is 0.323 e. The summed E-state index contributed by atoms with van der Waals surface area (Å²) in [5.74, 6) is 0.463. The third kappa shape index (κ3) is 3.42. The first kappa shape index (κ1) is 13.8. The molecule has 2 aromatic rings. The van der Waals surface area contributed by atoms with Crippen molar-refractivity contribution in [3.63, 3.8) is 0 Å². The molecule has 7 heteroatoms. The molecule has 1 aromatic heterocycles. The van der Waals surface area contributed by atoms with Crippen LogP contribution in [0.1, 0.15) is 18.5 Å². The van der Waals surface area contributed by atoms with Crippen molar-refractivity contribution in [2.75, 3.05) is 12.4 Å². The van der Waals surface area contributed by atoms with E-state index in [4.69, 9.17) is 11.6 Å². The predicted octanol–water partition coefficient (Wildman–Crippen LogP) is 3.42. The minimum atomic E-state index is -0.227. The van der Waals surface area contributed by atoms with Gasteiger partial charge in [-0.2, -0.15) is 8.75 Å². The van der Waals surface area contributed by atoms with Gasteiger partial charge in [-0.05, 0) is 24.6 Å². The van der Waals surface area contributed by atoms with Gasteiger partial charge < -0.3 is 4.90 Å².